The number of amides is 2. The summed E-state index contributed by atoms with van der Waals surface area (Å²) in [4.78, 5) is 30.4. The fourth-order valence-corrected chi connectivity index (χ4v) is 5.25. The standard InChI is InChI=1S/C24H28N2O3/c1-16-3-5-18(6-4-16)10-14-26-15-24-11-7-19(29-24)20(21(24)23(26)28)22(27)25-12-8-17(2)9-13-25/h3-8,11,19-21H,9-10,12-15H2,1-2H3/t19-,20-,21-,24-/m0/s1. The van der Waals surface area contributed by atoms with Crippen LogP contribution in [-0.4, -0.2) is 59.5 Å². The Kier molecular flexibility index (Phi) is 4.39. The first-order valence-corrected chi connectivity index (χ1v) is 10.6. The van der Waals surface area contributed by atoms with E-state index in [-0.39, 0.29) is 29.8 Å². The lowest BCUT2D eigenvalue weighted by Gasteiger charge is -2.31. The lowest BCUT2D eigenvalue weighted by molar-refractivity contribution is -0.143. The quantitative estimate of drug-likeness (QED) is 0.740. The molecule has 0 unspecified atom stereocenters. The van der Waals surface area contributed by atoms with Gasteiger partial charge in [0.15, 0.2) is 0 Å². The third-order valence-electron chi connectivity index (χ3n) is 7.00. The molecule has 0 radical (unpaired) electrons. The maximum absolute atomic E-state index is 13.3. The number of aryl methyl sites for hydroxylation is 1. The van der Waals surface area contributed by atoms with Crippen LogP contribution in [0.2, 0.25) is 0 Å². The minimum atomic E-state index is -0.614. The Labute approximate surface area is 172 Å². The van der Waals surface area contributed by atoms with E-state index >= 15 is 0 Å². The zero-order valence-electron chi connectivity index (χ0n) is 17.1. The average Bonchev–Trinajstić information content (AvgIpc) is 3.36. The molecule has 2 amide bonds. The molecule has 4 aliphatic rings. The van der Waals surface area contributed by atoms with Crippen LogP contribution >= 0.6 is 0 Å². The number of carbonyl (C=O) groups excluding carboxylic acids is 2. The van der Waals surface area contributed by atoms with Gasteiger partial charge in [-0.2, -0.15) is 0 Å². The van der Waals surface area contributed by atoms with Crippen LogP contribution in [0.15, 0.2) is 48.1 Å². The topological polar surface area (TPSA) is 49.9 Å². The second kappa shape index (κ2) is 6.84. The number of benzene rings is 1. The van der Waals surface area contributed by atoms with Gasteiger partial charge in [0.2, 0.25) is 11.8 Å². The predicted octanol–water partition coefficient (Wildman–Crippen LogP) is 2.50. The number of fused-ring (bicyclic) bond motifs is 1. The van der Waals surface area contributed by atoms with Crippen molar-refractivity contribution in [1.29, 1.82) is 0 Å². The van der Waals surface area contributed by atoms with Crippen LogP contribution in [0.25, 0.3) is 0 Å². The summed E-state index contributed by atoms with van der Waals surface area (Å²) in [6, 6.07) is 8.45. The number of hydrogen-bond acceptors (Lipinski definition) is 3. The molecular weight excluding hydrogens is 364 g/mol. The molecule has 4 atom stereocenters. The van der Waals surface area contributed by atoms with Crippen LogP contribution in [0.1, 0.15) is 24.5 Å². The third kappa shape index (κ3) is 3.03. The maximum atomic E-state index is 13.3. The van der Waals surface area contributed by atoms with Crippen molar-refractivity contribution < 1.29 is 14.3 Å². The Bertz CT molecular complexity index is 903. The number of rotatable bonds is 4. The molecule has 4 heterocycles. The summed E-state index contributed by atoms with van der Waals surface area (Å²) in [6.07, 6.45) is 7.62. The van der Waals surface area contributed by atoms with Crippen LogP contribution in [0, 0.1) is 18.8 Å². The molecule has 5 nitrogen and oxygen atoms in total. The zero-order valence-corrected chi connectivity index (χ0v) is 17.1. The van der Waals surface area contributed by atoms with Gasteiger partial charge in [-0.3, -0.25) is 9.59 Å². The fourth-order valence-electron chi connectivity index (χ4n) is 5.25. The number of carbonyl (C=O) groups is 2. The fraction of sp³-hybridized carbons (Fsp3) is 0.500. The van der Waals surface area contributed by atoms with Crippen molar-refractivity contribution in [3.63, 3.8) is 0 Å². The molecule has 0 saturated carbocycles. The van der Waals surface area contributed by atoms with E-state index in [1.807, 2.05) is 22.0 Å². The Hall–Kier alpha value is -2.40. The normalized spacial score (nSPS) is 32.7. The van der Waals surface area contributed by atoms with Gasteiger partial charge in [-0.15, -0.1) is 0 Å². The average molecular weight is 392 g/mol. The van der Waals surface area contributed by atoms with E-state index < -0.39 is 5.60 Å². The highest BCUT2D eigenvalue weighted by Crippen LogP contribution is 2.52. The van der Waals surface area contributed by atoms with Gasteiger partial charge in [0, 0.05) is 19.6 Å². The molecule has 0 aliphatic carbocycles. The molecule has 152 valence electrons. The monoisotopic (exact) mass is 392 g/mol. The van der Waals surface area contributed by atoms with Gasteiger partial charge < -0.3 is 14.5 Å². The molecule has 29 heavy (non-hydrogen) atoms. The number of nitrogens with zero attached hydrogens (tertiary/aromatic N) is 2. The molecule has 1 aromatic rings. The van der Waals surface area contributed by atoms with E-state index in [0.29, 0.717) is 19.6 Å². The lowest BCUT2D eigenvalue weighted by Crippen LogP contribution is -2.47. The number of ether oxygens (including phenoxy) is 1. The Morgan fingerprint density at radius 1 is 1.24 bits per heavy atom. The summed E-state index contributed by atoms with van der Waals surface area (Å²) in [5.41, 5.74) is 3.17. The lowest BCUT2D eigenvalue weighted by atomic mass is 9.76. The van der Waals surface area contributed by atoms with Crippen molar-refractivity contribution >= 4 is 11.8 Å². The van der Waals surface area contributed by atoms with E-state index in [0.717, 1.165) is 19.4 Å². The molecule has 5 heteroatoms. The van der Waals surface area contributed by atoms with Gasteiger partial charge in [-0.1, -0.05) is 53.6 Å². The minimum absolute atomic E-state index is 0.0729. The van der Waals surface area contributed by atoms with Crippen LogP contribution in [0.3, 0.4) is 0 Å². The second-order valence-electron chi connectivity index (χ2n) is 8.98. The first-order chi connectivity index (χ1) is 14.0. The van der Waals surface area contributed by atoms with Gasteiger partial charge >= 0.3 is 0 Å². The molecular formula is C24H28N2O3. The molecule has 2 bridgehead atoms. The third-order valence-corrected chi connectivity index (χ3v) is 7.00. The molecule has 0 aromatic heterocycles. The molecule has 0 N–H and O–H groups in total. The van der Waals surface area contributed by atoms with E-state index in [1.165, 1.54) is 16.7 Å². The molecule has 2 fully saturated rings. The summed E-state index contributed by atoms with van der Waals surface area (Å²) in [5.74, 6) is -0.617. The first-order valence-electron chi connectivity index (χ1n) is 10.6. The Balaban J connectivity index is 1.32. The van der Waals surface area contributed by atoms with E-state index in [1.54, 1.807) is 0 Å². The SMILES string of the molecule is CC1=CCN(C(=O)[C@H]2[C@@H]3C=C[C@@]4(CN(CCc5ccc(C)cc5)C(=O)[C@H]24)O3)CC1. The van der Waals surface area contributed by atoms with Gasteiger partial charge in [0.25, 0.3) is 0 Å². The Morgan fingerprint density at radius 3 is 2.76 bits per heavy atom. The van der Waals surface area contributed by atoms with Crippen LogP contribution in [0.4, 0.5) is 0 Å². The van der Waals surface area contributed by atoms with E-state index in [4.69, 9.17) is 4.74 Å². The van der Waals surface area contributed by atoms with Crippen molar-refractivity contribution in [1.82, 2.24) is 9.80 Å². The minimum Gasteiger partial charge on any atom is -0.360 e. The van der Waals surface area contributed by atoms with Gasteiger partial charge in [0.05, 0.1) is 24.5 Å². The van der Waals surface area contributed by atoms with Crippen LogP contribution < -0.4 is 0 Å². The number of likely N-dealkylation sites (tertiary alicyclic amines) is 1. The molecule has 4 aliphatic heterocycles. The van der Waals surface area contributed by atoms with Crippen molar-refractivity contribution in [3.8, 4) is 0 Å². The van der Waals surface area contributed by atoms with Crippen LogP contribution in [-0.2, 0) is 20.7 Å². The smallest absolute Gasteiger partial charge is 0.230 e. The van der Waals surface area contributed by atoms with Crippen molar-refractivity contribution in [2.45, 2.75) is 38.4 Å². The molecule has 2 saturated heterocycles. The van der Waals surface area contributed by atoms with Crippen LogP contribution in [0.5, 0.6) is 0 Å². The van der Waals surface area contributed by atoms with Gasteiger partial charge in [-0.05, 0) is 32.3 Å². The summed E-state index contributed by atoms with van der Waals surface area (Å²) in [5, 5.41) is 0. The highest BCUT2D eigenvalue weighted by Gasteiger charge is 2.67. The maximum Gasteiger partial charge on any atom is 0.230 e. The summed E-state index contributed by atoms with van der Waals surface area (Å²) >= 11 is 0. The summed E-state index contributed by atoms with van der Waals surface area (Å²) in [6.45, 7) is 6.77. The first kappa shape index (κ1) is 18.6. The predicted molar refractivity (Wildman–Crippen MR) is 110 cm³/mol. The molecule has 1 aromatic carbocycles. The second-order valence-corrected chi connectivity index (χ2v) is 8.98. The zero-order chi connectivity index (χ0) is 20.2. The Morgan fingerprint density at radius 2 is 2.03 bits per heavy atom. The van der Waals surface area contributed by atoms with Crippen molar-refractivity contribution in [3.05, 3.63) is 59.2 Å². The van der Waals surface area contributed by atoms with E-state index in [9.17, 15) is 9.59 Å². The summed E-state index contributed by atoms with van der Waals surface area (Å²) in [7, 11) is 0. The largest absolute Gasteiger partial charge is 0.360 e. The van der Waals surface area contributed by atoms with E-state index in [2.05, 4.69) is 44.2 Å². The highest BCUT2D eigenvalue weighted by molar-refractivity contribution is 5.93. The summed E-state index contributed by atoms with van der Waals surface area (Å²) < 4.78 is 6.26. The van der Waals surface area contributed by atoms with Crippen molar-refractivity contribution in [2.75, 3.05) is 26.2 Å². The highest BCUT2D eigenvalue weighted by atomic mass is 16.5. The number of hydrogen-bond donors (Lipinski definition) is 0. The van der Waals surface area contributed by atoms with Gasteiger partial charge in [0.1, 0.15) is 5.60 Å². The van der Waals surface area contributed by atoms with Crippen molar-refractivity contribution in [2.24, 2.45) is 11.8 Å². The molecule has 1 spiro atoms. The molecule has 5 rings (SSSR count). The van der Waals surface area contributed by atoms with Gasteiger partial charge in [-0.25, -0.2) is 0 Å².